The third kappa shape index (κ3) is 5.11. The third-order valence-electron chi connectivity index (χ3n) is 4.34. The number of hydrogen-bond donors (Lipinski definition) is 2. The lowest BCUT2D eigenvalue weighted by Crippen LogP contribution is -2.28. The molecular weight excluding hydrogens is 402 g/mol. The van der Waals surface area contributed by atoms with Crippen LogP contribution in [0.25, 0.3) is 5.76 Å². The number of likely N-dealkylation sites (N-methyl/N-ethyl adjacent to an activating group) is 1. The number of nitro benzene ring substituents is 1. The monoisotopic (exact) mass is 421 g/mol. The molecule has 0 unspecified atom stereocenters. The van der Waals surface area contributed by atoms with Crippen LogP contribution in [0.2, 0.25) is 0 Å². The molecule has 0 bridgehead atoms. The number of aryl methyl sites for hydroxylation is 1. The maximum Gasteiger partial charge on any atom is 0.315 e. The van der Waals surface area contributed by atoms with E-state index in [1.807, 2.05) is 31.2 Å². The van der Waals surface area contributed by atoms with Gasteiger partial charge < -0.3 is 19.8 Å². The summed E-state index contributed by atoms with van der Waals surface area (Å²) < 4.78 is 4.87. The number of aliphatic hydroxyl groups excluding tert-OH is 1. The van der Waals surface area contributed by atoms with Crippen molar-refractivity contribution in [1.29, 1.82) is 5.26 Å². The van der Waals surface area contributed by atoms with Gasteiger partial charge in [0.1, 0.15) is 11.8 Å². The van der Waals surface area contributed by atoms with Crippen molar-refractivity contribution in [3.8, 4) is 29.4 Å². The summed E-state index contributed by atoms with van der Waals surface area (Å²) in [6, 6.07) is 11.0. The Bertz CT molecular complexity index is 1170. The Morgan fingerprint density at radius 3 is 2.58 bits per heavy atom. The number of ether oxygens (including phenoxy) is 1. The van der Waals surface area contributed by atoms with Gasteiger partial charge in [-0.1, -0.05) is 30.0 Å². The zero-order valence-corrected chi connectivity index (χ0v) is 17.0. The summed E-state index contributed by atoms with van der Waals surface area (Å²) in [5.41, 5.74) is 0.156. The van der Waals surface area contributed by atoms with Gasteiger partial charge in [-0.2, -0.15) is 5.26 Å². The van der Waals surface area contributed by atoms with Gasteiger partial charge in [-0.05, 0) is 24.6 Å². The molecule has 2 aromatic carbocycles. The summed E-state index contributed by atoms with van der Waals surface area (Å²) >= 11 is 0. The molecule has 9 nitrogen and oxygen atoms in total. The first-order chi connectivity index (χ1) is 14.7. The maximum absolute atomic E-state index is 12.6. The number of aromatic hydroxyl groups is 1. The number of benzene rings is 2. The van der Waals surface area contributed by atoms with E-state index in [9.17, 15) is 30.4 Å². The molecule has 0 fully saturated rings. The second kappa shape index (κ2) is 9.81. The predicted octanol–water partition coefficient (Wildman–Crippen LogP) is 2.92. The van der Waals surface area contributed by atoms with Crippen LogP contribution >= 0.6 is 0 Å². The molecule has 0 aromatic heterocycles. The lowest BCUT2D eigenvalue weighted by molar-refractivity contribution is -0.386. The van der Waals surface area contributed by atoms with Crippen LogP contribution in [0.4, 0.5) is 5.69 Å². The van der Waals surface area contributed by atoms with Crippen molar-refractivity contribution in [1.82, 2.24) is 4.90 Å². The highest BCUT2D eigenvalue weighted by atomic mass is 16.6. The molecule has 0 atom stereocenters. The second-order valence-electron chi connectivity index (χ2n) is 6.42. The van der Waals surface area contributed by atoms with Gasteiger partial charge >= 0.3 is 5.69 Å². The van der Waals surface area contributed by atoms with Crippen molar-refractivity contribution in [2.24, 2.45) is 0 Å². The molecule has 0 aliphatic carbocycles. The molecule has 0 heterocycles. The van der Waals surface area contributed by atoms with E-state index >= 15 is 0 Å². The number of rotatable bonds is 5. The van der Waals surface area contributed by atoms with Crippen molar-refractivity contribution in [3.05, 3.63) is 68.8 Å². The van der Waals surface area contributed by atoms with E-state index in [1.165, 1.54) is 14.2 Å². The Balaban J connectivity index is 2.36. The average Bonchev–Trinajstić information content (AvgIpc) is 2.75. The SMILES string of the molecule is COc1cc(/C(O)=C(\C#N)C(=O)N(C)CC#Cc2ccccc2C)cc([N+](=O)[O-])c1O. The Morgan fingerprint density at radius 1 is 1.32 bits per heavy atom. The van der Waals surface area contributed by atoms with E-state index in [2.05, 4.69) is 11.8 Å². The largest absolute Gasteiger partial charge is 0.506 e. The Labute approximate surface area is 178 Å². The van der Waals surface area contributed by atoms with Gasteiger partial charge in [0, 0.05) is 24.2 Å². The van der Waals surface area contributed by atoms with Crippen LogP contribution in [0.1, 0.15) is 16.7 Å². The molecule has 2 N–H and O–H groups in total. The summed E-state index contributed by atoms with van der Waals surface area (Å²) in [6.45, 7) is 1.88. The first-order valence-corrected chi connectivity index (χ1v) is 8.90. The van der Waals surface area contributed by atoms with Crippen LogP contribution in [-0.4, -0.2) is 46.6 Å². The Morgan fingerprint density at radius 2 is 2.00 bits per heavy atom. The molecule has 0 aliphatic rings. The van der Waals surface area contributed by atoms with Crippen LogP contribution < -0.4 is 4.74 Å². The number of hydrogen-bond acceptors (Lipinski definition) is 7. The van der Waals surface area contributed by atoms with Gasteiger partial charge in [0.05, 0.1) is 18.6 Å². The standard InChI is InChI=1S/C22H19N3O6/c1-14-7-4-5-8-15(14)9-6-10-24(2)22(28)17(13-23)20(26)16-11-18(25(29)30)21(27)19(12-16)31-3/h4-5,7-8,11-12,26-27H,10H2,1-3H3/b20-17-. The van der Waals surface area contributed by atoms with E-state index in [4.69, 9.17) is 4.74 Å². The van der Waals surface area contributed by atoms with Crippen molar-refractivity contribution < 1.29 is 24.7 Å². The Kier molecular flexibility index (Phi) is 7.21. The number of phenolic OH excluding ortho intramolecular Hbond substituents is 1. The molecule has 0 aliphatic heterocycles. The van der Waals surface area contributed by atoms with Crippen molar-refractivity contribution in [2.75, 3.05) is 20.7 Å². The molecular formula is C22H19N3O6. The number of nitriles is 1. The van der Waals surface area contributed by atoms with Gasteiger partial charge in [0.25, 0.3) is 5.91 Å². The highest BCUT2D eigenvalue weighted by molar-refractivity contribution is 6.03. The molecule has 2 aromatic rings. The van der Waals surface area contributed by atoms with Crippen LogP contribution in [0.15, 0.2) is 42.0 Å². The lowest BCUT2D eigenvalue weighted by Gasteiger charge is -2.14. The topological polar surface area (TPSA) is 137 Å². The Hall–Kier alpha value is -4.50. The number of carbonyl (C=O) groups excluding carboxylic acids is 1. The van der Waals surface area contributed by atoms with E-state index in [-0.39, 0.29) is 17.9 Å². The fourth-order valence-electron chi connectivity index (χ4n) is 2.60. The van der Waals surface area contributed by atoms with Crippen molar-refractivity contribution in [2.45, 2.75) is 6.92 Å². The number of aliphatic hydroxyl groups is 1. The molecule has 0 spiro atoms. The summed E-state index contributed by atoms with van der Waals surface area (Å²) in [7, 11) is 2.57. The molecule has 2 rings (SSSR count). The number of methoxy groups -OCH3 is 1. The fraction of sp³-hybridized carbons (Fsp3) is 0.182. The molecule has 1 amide bonds. The molecule has 0 radical (unpaired) electrons. The summed E-state index contributed by atoms with van der Waals surface area (Å²) in [6.07, 6.45) is 0. The highest BCUT2D eigenvalue weighted by Crippen LogP contribution is 2.38. The number of amides is 1. The van der Waals surface area contributed by atoms with Crippen LogP contribution in [-0.2, 0) is 4.79 Å². The van der Waals surface area contributed by atoms with Gasteiger partial charge in [-0.15, -0.1) is 0 Å². The van der Waals surface area contributed by atoms with E-state index < -0.39 is 33.6 Å². The molecule has 0 saturated carbocycles. The average molecular weight is 421 g/mol. The summed E-state index contributed by atoms with van der Waals surface area (Å²) in [5.74, 6) is 3.12. The highest BCUT2D eigenvalue weighted by Gasteiger charge is 2.25. The van der Waals surface area contributed by atoms with Gasteiger partial charge in [-0.3, -0.25) is 14.9 Å². The van der Waals surface area contributed by atoms with E-state index in [0.717, 1.165) is 28.2 Å². The second-order valence-corrected chi connectivity index (χ2v) is 6.42. The fourth-order valence-corrected chi connectivity index (χ4v) is 2.60. The van der Waals surface area contributed by atoms with Crippen LogP contribution in [0, 0.1) is 40.2 Å². The molecule has 9 heteroatoms. The number of carbonyl (C=O) groups is 1. The smallest absolute Gasteiger partial charge is 0.315 e. The summed E-state index contributed by atoms with van der Waals surface area (Å²) in [5, 5.41) is 40.9. The maximum atomic E-state index is 12.6. The first-order valence-electron chi connectivity index (χ1n) is 8.90. The number of nitro groups is 1. The lowest BCUT2D eigenvalue weighted by atomic mass is 10.1. The zero-order valence-electron chi connectivity index (χ0n) is 17.0. The zero-order chi connectivity index (χ0) is 23.1. The first kappa shape index (κ1) is 22.8. The van der Waals surface area contributed by atoms with E-state index in [1.54, 1.807) is 6.07 Å². The van der Waals surface area contributed by atoms with Gasteiger partial charge in [-0.25, -0.2) is 0 Å². The summed E-state index contributed by atoms with van der Waals surface area (Å²) in [4.78, 5) is 24.0. The molecule has 0 saturated heterocycles. The minimum atomic E-state index is -0.879. The predicted molar refractivity (Wildman–Crippen MR) is 112 cm³/mol. The quantitative estimate of drug-likeness (QED) is 0.189. The number of phenols is 1. The van der Waals surface area contributed by atoms with Crippen LogP contribution in [0.5, 0.6) is 11.5 Å². The van der Waals surface area contributed by atoms with Gasteiger partial charge in [0.15, 0.2) is 11.3 Å². The van der Waals surface area contributed by atoms with Crippen LogP contribution in [0.3, 0.4) is 0 Å². The minimum absolute atomic E-state index is 0.0231. The van der Waals surface area contributed by atoms with E-state index in [0.29, 0.717) is 0 Å². The molecule has 31 heavy (non-hydrogen) atoms. The van der Waals surface area contributed by atoms with Crippen molar-refractivity contribution in [3.63, 3.8) is 0 Å². The third-order valence-corrected chi connectivity index (χ3v) is 4.34. The van der Waals surface area contributed by atoms with Crippen molar-refractivity contribution >= 4 is 17.4 Å². The normalized spacial score (nSPS) is 10.8. The molecule has 158 valence electrons. The van der Waals surface area contributed by atoms with Gasteiger partial charge in [0.2, 0.25) is 5.75 Å². The number of nitrogens with zero attached hydrogens (tertiary/aromatic N) is 3. The minimum Gasteiger partial charge on any atom is -0.506 e.